The molecule has 15 heavy (non-hydrogen) atoms. The smallest absolute Gasteiger partial charge is 0.445 e. The van der Waals surface area contributed by atoms with Gasteiger partial charge in [0.25, 0.3) is 0 Å². The molecule has 1 aliphatic heterocycles. The summed E-state index contributed by atoms with van der Waals surface area (Å²) in [7, 11) is 0. The average Bonchev–Trinajstić information content (AvgIpc) is 2.08. The molecule has 0 radical (unpaired) electrons. The summed E-state index contributed by atoms with van der Waals surface area (Å²) in [5, 5.41) is 0. The van der Waals surface area contributed by atoms with E-state index in [1.165, 1.54) is 0 Å². The third kappa shape index (κ3) is 3.56. The zero-order valence-electron chi connectivity index (χ0n) is 9.35. The first-order valence-corrected chi connectivity index (χ1v) is 5.42. The van der Waals surface area contributed by atoms with Crippen molar-refractivity contribution in [3.63, 3.8) is 0 Å². The molecule has 0 aromatic rings. The highest BCUT2D eigenvalue weighted by Gasteiger charge is 2.30. The van der Waals surface area contributed by atoms with Crippen molar-refractivity contribution in [2.24, 2.45) is 5.92 Å². The largest absolute Gasteiger partial charge is 0.506 e. The van der Waals surface area contributed by atoms with Crippen LogP contribution in [0.25, 0.3) is 0 Å². The molecule has 1 aliphatic rings. The van der Waals surface area contributed by atoms with Gasteiger partial charge in [-0.2, -0.15) is 0 Å². The number of hydrogen-bond acceptors (Lipinski definition) is 1. The molecule has 0 aliphatic carbocycles. The van der Waals surface area contributed by atoms with Gasteiger partial charge in [-0.1, -0.05) is 6.92 Å². The lowest BCUT2D eigenvalue weighted by Gasteiger charge is -2.38. The van der Waals surface area contributed by atoms with Crippen LogP contribution in [0.5, 0.6) is 0 Å². The molecule has 0 aromatic carbocycles. The molecule has 0 amide bonds. The lowest BCUT2D eigenvalue weighted by Crippen LogP contribution is -2.43. The van der Waals surface area contributed by atoms with Crippen molar-refractivity contribution in [2.45, 2.75) is 32.7 Å². The van der Waals surface area contributed by atoms with Crippen LogP contribution in [0.3, 0.4) is 0 Å². The van der Waals surface area contributed by atoms with Gasteiger partial charge in [0.15, 0.2) is 0 Å². The zero-order chi connectivity index (χ0) is 11.6. The molecule has 0 bridgehead atoms. The van der Waals surface area contributed by atoms with E-state index in [4.69, 9.17) is 0 Å². The van der Waals surface area contributed by atoms with E-state index < -0.39 is 12.4 Å². The quantitative estimate of drug-likeness (QED) is 0.660. The van der Waals surface area contributed by atoms with Crippen molar-refractivity contribution in [2.75, 3.05) is 13.1 Å². The van der Waals surface area contributed by atoms with Crippen molar-refractivity contribution in [3.05, 3.63) is 12.1 Å². The molecule has 1 rings (SSSR count). The maximum atomic E-state index is 12.3. The highest BCUT2D eigenvalue weighted by Crippen LogP contribution is 2.25. The summed E-state index contributed by atoms with van der Waals surface area (Å²) in [4.78, 5) is 1.89. The first kappa shape index (κ1) is 12.6. The Morgan fingerprint density at radius 3 is 2.47 bits per heavy atom. The summed E-state index contributed by atoms with van der Waals surface area (Å²) in [6.45, 7) is 3.15. The number of nitrogens with zero attached hydrogens (tertiary/aromatic N) is 1. The Hall–Kier alpha value is -0.445. The van der Waals surface area contributed by atoms with Gasteiger partial charge in [0.05, 0.1) is 0 Å². The monoisotopic (exact) mass is 220 g/mol. The van der Waals surface area contributed by atoms with E-state index >= 15 is 0 Å². The molecule has 0 saturated carbocycles. The third-order valence-electron chi connectivity index (χ3n) is 3.15. The second kappa shape index (κ2) is 4.60. The summed E-state index contributed by atoms with van der Waals surface area (Å²) in [5.41, 5.74) is -0.573. The van der Waals surface area contributed by atoms with Gasteiger partial charge < -0.3 is 12.9 Å². The fraction of sp³-hybridized carbons (Fsp3) is 0.800. The molecule has 2 atom stereocenters. The Labute approximate surface area is 89.4 Å². The van der Waals surface area contributed by atoms with Gasteiger partial charge in [0.2, 0.25) is 0 Å². The number of halogens is 3. The summed E-state index contributed by atoms with van der Waals surface area (Å²) >= 11 is 0. The fourth-order valence-corrected chi connectivity index (χ4v) is 2.06. The molecule has 1 heterocycles. The summed E-state index contributed by atoms with van der Waals surface area (Å²) < 4.78 is 37.0. The standard InChI is InChI=1S/C10H18BF3N/c1-8-4-5-15(10(3)6-8)7-9(2)11(12,13)14/h8,10H,2,4-7H2,1,3H3/q-1. The van der Waals surface area contributed by atoms with E-state index in [0.29, 0.717) is 5.92 Å². The molecular weight excluding hydrogens is 202 g/mol. The lowest BCUT2D eigenvalue weighted by molar-refractivity contribution is 0.141. The molecular formula is C10H18BF3N-. The fourth-order valence-electron chi connectivity index (χ4n) is 2.06. The number of hydrogen-bond donors (Lipinski definition) is 0. The zero-order valence-corrected chi connectivity index (χ0v) is 9.35. The second-order valence-electron chi connectivity index (χ2n) is 4.68. The minimum Gasteiger partial charge on any atom is -0.445 e. The highest BCUT2D eigenvalue weighted by atomic mass is 19.4. The van der Waals surface area contributed by atoms with Crippen molar-refractivity contribution in [3.8, 4) is 0 Å². The van der Waals surface area contributed by atoms with Crippen LogP contribution in [0.15, 0.2) is 12.1 Å². The predicted molar refractivity (Wildman–Crippen MR) is 57.7 cm³/mol. The van der Waals surface area contributed by atoms with E-state index in [1.54, 1.807) is 0 Å². The SMILES string of the molecule is C=C(CN1CCC(C)CC1C)[B-](F)(F)F. The molecule has 1 fully saturated rings. The maximum absolute atomic E-state index is 12.3. The number of rotatable bonds is 3. The van der Waals surface area contributed by atoms with Crippen LogP contribution in [0.1, 0.15) is 26.7 Å². The Bertz CT molecular complexity index is 239. The van der Waals surface area contributed by atoms with Crippen molar-refractivity contribution in [1.82, 2.24) is 4.90 Å². The minimum absolute atomic E-state index is 0.0165. The van der Waals surface area contributed by atoms with Crippen LogP contribution in [-0.4, -0.2) is 31.0 Å². The molecule has 0 N–H and O–H groups in total. The van der Waals surface area contributed by atoms with E-state index in [-0.39, 0.29) is 12.6 Å². The third-order valence-corrected chi connectivity index (χ3v) is 3.15. The summed E-state index contributed by atoms with van der Waals surface area (Å²) in [5.74, 6) is 0.626. The number of piperidine rings is 1. The van der Waals surface area contributed by atoms with Crippen molar-refractivity contribution < 1.29 is 12.9 Å². The van der Waals surface area contributed by atoms with Gasteiger partial charge in [0.1, 0.15) is 0 Å². The van der Waals surface area contributed by atoms with Gasteiger partial charge >= 0.3 is 6.98 Å². The predicted octanol–water partition coefficient (Wildman–Crippen LogP) is 3.05. The molecule has 0 spiro atoms. The van der Waals surface area contributed by atoms with Crippen molar-refractivity contribution in [1.29, 1.82) is 0 Å². The van der Waals surface area contributed by atoms with Crippen LogP contribution >= 0.6 is 0 Å². The Balaban J connectivity index is 2.49. The van der Waals surface area contributed by atoms with Crippen LogP contribution in [0, 0.1) is 5.92 Å². The molecule has 2 unspecified atom stereocenters. The normalized spacial score (nSPS) is 29.1. The molecule has 1 nitrogen and oxygen atoms in total. The van der Waals surface area contributed by atoms with Gasteiger partial charge in [-0.15, -0.1) is 12.1 Å². The van der Waals surface area contributed by atoms with E-state index in [1.807, 2.05) is 11.8 Å². The van der Waals surface area contributed by atoms with Crippen LogP contribution < -0.4 is 0 Å². The molecule has 5 heteroatoms. The van der Waals surface area contributed by atoms with Crippen molar-refractivity contribution >= 4 is 6.98 Å². The summed E-state index contributed by atoms with van der Waals surface area (Å²) in [6.07, 6.45) is 1.97. The Morgan fingerprint density at radius 2 is 2.00 bits per heavy atom. The van der Waals surface area contributed by atoms with Crippen LogP contribution in [-0.2, 0) is 0 Å². The molecule has 1 saturated heterocycles. The van der Waals surface area contributed by atoms with Gasteiger partial charge in [0, 0.05) is 6.04 Å². The van der Waals surface area contributed by atoms with E-state index in [2.05, 4.69) is 13.5 Å². The average molecular weight is 220 g/mol. The second-order valence-corrected chi connectivity index (χ2v) is 4.68. The first-order valence-electron chi connectivity index (χ1n) is 5.42. The summed E-state index contributed by atoms with van der Waals surface area (Å²) in [6, 6.07) is 0.239. The molecule has 88 valence electrons. The highest BCUT2D eigenvalue weighted by molar-refractivity contribution is 6.66. The van der Waals surface area contributed by atoms with E-state index in [0.717, 1.165) is 19.4 Å². The minimum atomic E-state index is -4.87. The lowest BCUT2D eigenvalue weighted by atomic mass is 9.79. The maximum Gasteiger partial charge on any atom is 0.506 e. The van der Waals surface area contributed by atoms with Crippen LogP contribution in [0.4, 0.5) is 12.9 Å². The Kier molecular flexibility index (Phi) is 3.87. The van der Waals surface area contributed by atoms with Crippen LogP contribution in [0.2, 0.25) is 0 Å². The van der Waals surface area contributed by atoms with Gasteiger partial charge in [-0.05, 0) is 38.8 Å². The molecule has 0 aromatic heterocycles. The topological polar surface area (TPSA) is 3.24 Å². The van der Waals surface area contributed by atoms with Gasteiger partial charge in [-0.3, -0.25) is 4.90 Å². The van der Waals surface area contributed by atoms with Gasteiger partial charge in [-0.25, -0.2) is 0 Å². The first-order chi connectivity index (χ1) is 6.80. The Morgan fingerprint density at radius 1 is 1.40 bits per heavy atom. The van der Waals surface area contributed by atoms with E-state index in [9.17, 15) is 12.9 Å². The number of likely N-dealkylation sites (tertiary alicyclic amines) is 1.